The highest BCUT2D eigenvalue weighted by Crippen LogP contribution is 2.22. The largest absolute Gasteiger partial charge is 0.370 e. The molecule has 28 heavy (non-hydrogen) atoms. The predicted octanol–water partition coefficient (Wildman–Crippen LogP) is 3.97. The maximum atomic E-state index is 13.1. The van der Waals surface area contributed by atoms with Gasteiger partial charge >= 0.3 is 0 Å². The van der Waals surface area contributed by atoms with E-state index in [1.807, 2.05) is 18.2 Å². The number of hydrogen-bond acceptors (Lipinski definition) is 4. The molecule has 2 aromatic rings. The summed E-state index contributed by atoms with van der Waals surface area (Å²) in [6.45, 7) is 7.92. The van der Waals surface area contributed by atoms with Gasteiger partial charge in [0.25, 0.3) is 0 Å². The van der Waals surface area contributed by atoms with Gasteiger partial charge in [0, 0.05) is 43.9 Å². The third-order valence-corrected chi connectivity index (χ3v) is 5.17. The van der Waals surface area contributed by atoms with E-state index in [4.69, 9.17) is 10.3 Å². The van der Waals surface area contributed by atoms with Gasteiger partial charge in [-0.3, -0.25) is 0 Å². The van der Waals surface area contributed by atoms with E-state index in [9.17, 15) is 4.39 Å². The standard InChI is InChI=1S/C20H28FN5O.HI/c1-3-15(4-2)19-13-18(27-24-19)14-23-20(22)26-11-9-25(10-12-26)17-7-5-16(21)6-8-17;/h5-8,13,15H,3-4,9-12,14H2,1-2H3,(H2,22,23);1H. The Balaban J connectivity index is 0.00000280. The average molecular weight is 501 g/mol. The van der Waals surface area contributed by atoms with Gasteiger partial charge in [0.05, 0.1) is 5.69 Å². The first-order chi connectivity index (χ1) is 13.1. The monoisotopic (exact) mass is 501 g/mol. The Labute approximate surface area is 183 Å². The van der Waals surface area contributed by atoms with Crippen LogP contribution in [-0.4, -0.2) is 42.2 Å². The van der Waals surface area contributed by atoms with Crippen molar-refractivity contribution in [3.63, 3.8) is 0 Å². The van der Waals surface area contributed by atoms with E-state index in [-0.39, 0.29) is 29.8 Å². The van der Waals surface area contributed by atoms with E-state index < -0.39 is 0 Å². The normalized spacial score (nSPS) is 15.1. The van der Waals surface area contributed by atoms with Crippen LogP contribution >= 0.6 is 24.0 Å². The van der Waals surface area contributed by atoms with Crippen molar-refractivity contribution in [1.29, 1.82) is 0 Å². The predicted molar refractivity (Wildman–Crippen MR) is 121 cm³/mol. The van der Waals surface area contributed by atoms with Crippen molar-refractivity contribution in [2.45, 2.75) is 39.2 Å². The summed E-state index contributed by atoms with van der Waals surface area (Å²) in [7, 11) is 0. The smallest absolute Gasteiger partial charge is 0.191 e. The lowest BCUT2D eigenvalue weighted by molar-refractivity contribution is 0.366. The molecule has 6 nitrogen and oxygen atoms in total. The molecule has 0 saturated carbocycles. The molecule has 1 fully saturated rings. The highest BCUT2D eigenvalue weighted by Gasteiger charge is 2.19. The third-order valence-electron chi connectivity index (χ3n) is 5.17. The van der Waals surface area contributed by atoms with Crippen LogP contribution in [0.1, 0.15) is 44.1 Å². The molecule has 1 aromatic heterocycles. The van der Waals surface area contributed by atoms with Crippen molar-refractivity contribution in [3.05, 3.63) is 47.6 Å². The van der Waals surface area contributed by atoms with Crippen molar-refractivity contribution in [2.24, 2.45) is 10.7 Å². The van der Waals surface area contributed by atoms with Crippen LogP contribution in [0.15, 0.2) is 39.8 Å². The number of aromatic nitrogens is 1. The summed E-state index contributed by atoms with van der Waals surface area (Å²) in [4.78, 5) is 8.76. The van der Waals surface area contributed by atoms with E-state index in [1.54, 1.807) is 0 Å². The minimum atomic E-state index is -0.214. The van der Waals surface area contributed by atoms with Crippen molar-refractivity contribution in [3.8, 4) is 0 Å². The van der Waals surface area contributed by atoms with E-state index >= 15 is 0 Å². The molecule has 0 spiro atoms. The summed E-state index contributed by atoms with van der Waals surface area (Å²) in [5, 5.41) is 4.17. The van der Waals surface area contributed by atoms with Crippen molar-refractivity contribution in [1.82, 2.24) is 10.1 Å². The highest BCUT2D eigenvalue weighted by molar-refractivity contribution is 14.0. The quantitative estimate of drug-likeness (QED) is 0.369. The second kappa shape index (κ2) is 10.6. The van der Waals surface area contributed by atoms with Crippen LogP contribution < -0.4 is 10.6 Å². The summed E-state index contributed by atoms with van der Waals surface area (Å²) >= 11 is 0. The average Bonchev–Trinajstić information content (AvgIpc) is 3.17. The van der Waals surface area contributed by atoms with Gasteiger partial charge in [0.1, 0.15) is 12.4 Å². The first-order valence-corrected chi connectivity index (χ1v) is 9.61. The molecule has 8 heteroatoms. The van der Waals surface area contributed by atoms with Gasteiger partial charge in [-0.05, 0) is 37.1 Å². The summed E-state index contributed by atoms with van der Waals surface area (Å²) in [6, 6.07) is 8.59. The molecule has 0 bridgehead atoms. The zero-order valence-corrected chi connectivity index (χ0v) is 18.8. The summed E-state index contributed by atoms with van der Waals surface area (Å²) in [5.41, 5.74) is 8.19. The van der Waals surface area contributed by atoms with E-state index in [1.165, 1.54) is 12.1 Å². The van der Waals surface area contributed by atoms with Crippen molar-refractivity contribution >= 4 is 35.6 Å². The maximum absolute atomic E-state index is 13.1. The Hall–Kier alpha value is -1.84. The zero-order chi connectivity index (χ0) is 19.2. The highest BCUT2D eigenvalue weighted by atomic mass is 127. The zero-order valence-electron chi connectivity index (χ0n) is 16.5. The minimum Gasteiger partial charge on any atom is -0.370 e. The van der Waals surface area contributed by atoms with Crippen LogP contribution in [0.2, 0.25) is 0 Å². The summed E-state index contributed by atoms with van der Waals surface area (Å²) < 4.78 is 18.5. The molecule has 1 aromatic carbocycles. The van der Waals surface area contributed by atoms with Gasteiger partial charge < -0.3 is 20.1 Å². The summed E-state index contributed by atoms with van der Waals surface area (Å²) in [6.07, 6.45) is 2.10. The number of aliphatic imine (C=N–C) groups is 1. The molecule has 0 amide bonds. The minimum absolute atomic E-state index is 0. The molecular formula is C20H29FIN5O. The molecule has 0 unspecified atom stereocenters. The Morgan fingerprint density at radius 3 is 2.43 bits per heavy atom. The third kappa shape index (κ3) is 5.59. The molecule has 1 saturated heterocycles. The number of anilines is 1. The number of benzene rings is 1. The van der Waals surface area contributed by atoms with Crippen LogP contribution in [0.4, 0.5) is 10.1 Å². The van der Waals surface area contributed by atoms with E-state index in [0.717, 1.165) is 56.2 Å². The number of halogens is 2. The fourth-order valence-corrected chi connectivity index (χ4v) is 3.41. The Kier molecular flexibility index (Phi) is 8.53. The number of nitrogens with zero attached hydrogens (tertiary/aromatic N) is 4. The molecule has 154 valence electrons. The van der Waals surface area contributed by atoms with Crippen LogP contribution in [-0.2, 0) is 6.54 Å². The summed E-state index contributed by atoms with van der Waals surface area (Å²) in [5.74, 6) is 1.48. The number of hydrogen-bond donors (Lipinski definition) is 1. The first kappa shape index (κ1) is 22.4. The fourth-order valence-electron chi connectivity index (χ4n) is 3.41. The SMILES string of the molecule is CCC(CC)c1cc(CN=C(N)N2CCN(c3ccc(F)cc3)CC2)on1.I. The Morgan fingerprint density at radius 1 is 1.18 bits per heavy atom. The maximum Gasteiger partial charge on any atom is 0.191 e. The molecule has 0 aliphatic carbocycles. The van der Waals surface area contributed by atoms with Gasteiger partial charge in [0.2, 0.25) is 0 Å². The Bertz CT molecular complexity index is 752. The number of nitrogens with two attached hydrogens (primary N) is 1. The molecular weight excluding hydrogens is 472 g/mol. The van der Waals surface area contributed by atoms with Gasteiger partial charge in [-0.2, -0.15) is 0 Å². The number of guanidine groups is 1. The van der Waals surface area contributed by atoms with Crippen LogP contribution in [0.3, 0.4) is 0 Å². The lowest BCUT2D eigenvalue weighted by Crippen LogP contribution is -2.51. The number of rotatable bonds is 6. The lowest BCUT2D eigenvalue weighted by atomic mass is 9.99. The van der Waals surface area contributed by atoms with Crippen LogP contribution in [0.5, 0.6) is 0 Å². The molecule has 0 radical (unpaired) electrons. The van der Waals surface area contributed by atoms with Crippen LogP contribution in [0, 0.1) is 5.82 Å². The molecule has 1 aliphatic rings. The van der Waals surface area contributed by atoms with E-state index in [2.05, 4.69) is 33.8 Å². The second-order valence-corrected chi connectivity index (χ2v) is 6.86. The number of piperazine rings is 1. The van der Waals surface area contributed by atoms with Gasteiger partial charge in [-0.1, -0.05) is 19.0 Å². The Morgan fingerprint density at radius 2 is 1.82 bits per heavy atom. The molecule has 3 rings (SSSR count). The lowest BCUT2D eigenvalue weighted by Gasteiger charge is -2.36. The second-order valence-electron chi connectivity index (χ2n) is 6.86. The fraction of sp³-hybridized carbons (Fsp3) is 0.500. The topological polar surface area (TPSA) is 70.9 Å². The molecule has 0 atom stereocenters. The van der Waals surface area contributed by atoms with Gasteiger partial charge in [-0.25, -0.2) is 9.38 Å². The molecule has 1 aliphatic heterocycles. The van der Waals surface area contributed by atoms with Crippen molar-refractivity contribution < 1.29 is 8.91 Å². The first-order valence-electron chi connectivity index (χ1n) is 9.61. The van der Waals surface area contributed by atoms with Crippen LogP contribution in [0.25, 0.3) is 0 Å². The molecule has 2 heterocycles. The van der Waals surface area contributed by atoms with Crippen molar-refractivity contribution in [2.75, 3.05) is 31.1 Å². The van der Waals surface area contributed by atoms with Gasteiger partial charge in [0.15, 0.2) is 11.7 Å². The molecule has 2 N–H and O–H groups in total. The van der Waals surface area contributed by atoms with E-state index in [0.29, 0.717) is 18.4 Å². The van der Waals surface area contributed by atoms with Gasteiger partial charge in [-0.15, -0.1) is 24.0 Å².